The van der Waals surface area contributed by atoms with Crippen LogP contribution in [0.2, 0.25) is 0 Å². The van der Waals surface area contributed by atoms with Gasteiger partial charge in [0.2, 0.25) is 5.91 Å². The lowest BCUT2D eigenvalue weighted by Crippen LogP contribution is -2.34. The van der Waals surface area contributed by atoms with Gasteiger partial charge in [-0.3, -0.25) is 9.69 Å². The zero-order valence-corrected chi connectivity index (χ0v) is 13.4. The van der Waals surface area contributed by atoms with Gasteiger partial charge in [-0.1, -0.05) is 25.1 Å². The van der Waals surface area contributed by atoms with E-state index in [-0.39, 0.29) is 5.91 Å². The number of benzene rings is 1. The van der Waals surface area contributed by atoms with Gasteiger partial charge in [-0.2, -0.15) is 0 Å². The highest BCUT2D eigenvalue weighted by molar-refractivity contribution is 9.10. The molecular formula is C15H21BrN2O. The van der Waals surface area contributed by atoms with E-state index < -0.39 is 0 Å². The van der Waals surface area contributed by atoms with Crippen LogP contribution in [-0.4, -0.2) is 30.4 Å². The molecule has 0 unspecified atom stereocenters. The number of carbonyl (C=O) groups is 1. The molecule has 0 aliphatic carbocycles. The van der Waals surface area contributed by atoms with E-state index in [1.807, 2.05) is 39.0 Å². The summed E-state index contributed by atoms with van der Waals surface area (Å²) in [5.41, 5.74) is 3.02. The molecule has 1 N–H and O–H groups in total. The molecule has 0 aliphatic heterocycles. The van der Waals surface area contributed by atoms with E-state index in [1.54, 1.807) is 0 Å². The highest BCUT2D eigenvalue weighted by Crippen LogP contribution is 2.23. The third-order valence-electron chi connectivity index (χ3n) is 2.71. The first kappa shape index (κ1) is 15.9. The highest BCUT2D eigenvalue weighted by Gasteiger charge is 2.10. The normalized spacial score (nSPS) is 10.6. The minimum atomic E-state index is -0.00680. The molecule has 0 spiro atoms. The zero-order valence-electron chi connectivity index (χ0n) is 11.8. The number of rotatable bonds is 6. The molecule has 3 nitrogen and oxygen atoms in total. The van der Waals surface area contributed by atoms with Crippen molar-refractivity contribution in [2.45, 2.75) is 20.8 Å². The second-order valence-corrected chi connectivity index (χ2v) is 5.65. The fraction of sp³-hybridized carbons (Fsp3) is 0.400. The van der Waals surface area contributed by atoms with Gasteiger partial charge < -0.3 is 5.32 Å². The first-order valence-electron chi connectivity index (χ1n) is 6.35. The van der Waals surface area contributed by atoms with Crippen LogP contribution < -0.4 is 5.32 Å². The lowest BCUT2D eigenvalue weighted by molar-refractivity contribution is -0.117. The van der Waals surface area contributed by atoms with Gasteiger partial charge in [0, 0.05) is 11.0 Å². The number of likely N-dealkylation sites (N-methyl/N-ethyl adjacent to an activating group) is 1. The molecule has 0 bridgehead atoms. The average molecular weight is 325 g/mol. The molecule has 0 fully saturated rings. The van der Waals surface area contributed by atoms with Crippen molar-refractivity contribution in [1.29, 1.82) is 0 Å². The van der Waals surface area contributed by atoms with E-state index in [0.717, 1.165) is 34.4 Å². The molecule has 1 amide bonds. The molecule has 1 aromatic carbocycles. The molecule has 0 heterocycles. The van der Waals surface area contributed by atoms with Crippen LogP contribution in [-0.2, 0) is 4.79 Å². The van der Waals surface area contributed by atoms with Crippen molar-refractivity contribution in [2.75, 3.05) is 25.0 Å². The Hall–Kier alpha value is -1.13. The summed E-state index contributed by atoms with van der Waals surface area (Å²) in [5.74, 6) is -0.00680. The number of hydrogen-bond donors (Lipinski definition) is 1. The monoisotopic (exact) mass is 324 g/mol. The second-order valence-electron chi connectivity index (χ2n) is 4.79. The molecule has 1 aromatic rings. The minimum Gasteiger partial charge on any atom is -0.324 e. The summed E-state index contributed by atoms with van der Waals surface area (Å²) in [6.07, 6.45) is 0. The van der Waals surface area contributed by atoms with Gasteiger partial charge >= 0.3 is 0 Å². The van der Waals surface area contributed by atoms with Crippen LogP contribution >= 0.6 is 15.9 Å². The maximum atomic E-state index is 12.0. The van der Waals surface area contributed by atoms with Gasteiger partial charge in [0.25, 0.3) is 0 Å². The number of aryl methyl sites for hydroxylation is 1. The fourth-order valence-corrected chi connectivity index (χ4v) is 2.37. The summed E-state index contributed by atoms with van der Waals surface area (Å²) < 4.78 is 0.906. The van der Waals surface area contributed by atoms with Crippen molar-refractivity contribution in [2.24, 2.45) is 0 Å². The Morgan fingerprint density at radius 2 is 2.11 bits per heavy atom. The van der Waals surface area contributed by atoms with Crippen LogP contribution in [0.3, 0.4) is 0 Å². The predicted octanol–water partition coefficient (Wildman–Crippen LogP) is 3.59. The fourth-order valence-electron chi connectivity index (χ4n) is 1.78. The number of anilines is 1. The molecule has 104 valence electrons. The van der Waals surface area contributed by atoms with Crippen molar-refractivity contribution in [3.05, 3.63) is 40.4 Å². The van der Waals surface area contributed by atoms with E-state index in [4.69, 9.17) is 0 Å². The molecule has 1 rings (SSSR count). The molecule has 0 saturated carbocycles. The molecule has 0 aromatic heterocycles. The predicted molar refractivity (Wildman–Crippen MR) is 84.4 cm³/mol. The van der Waals surface area contributed by atoms with E-state index in [1.165, 1.54) is 0 Å². The third-order valence-corrected chi connectivity index (χ3v) is 3.36. The SMILES string of the molecule is C=C(C)CN(CC)CC(=O)Nc1ccc(C)cc1Br. The molecule has 0 radical (unpaired) electrons. The van der Waals surface area contributed by atoms with Crippen LogP contribution in [0.1, 0.15) is 19.4 Å². The number of halogens is 1. The van der Waals surface area contributed by atoms with E-state index >= 15 is 0 Å². The largest absolute Gasteiger partial charge is 0.324 e. The summed E-state index contributed by atoms with van der Waals surface area (Å²) in [4.78, 5) is 14.1. The third kappa shape index (κ3) is 5.57. The Morgan fingerprint density at radius 3 is 2.63 bits per heavy atom. The van der Waals surface area contributed by atoms with Crippen molar-refractivity contribution in [3.63, 3.8) is 0 Å². The summed E-state index contributed by atoms with van der Waals surface area (Å²) in [6, 6.07) is 5.87. The Balaban J connectivity index is 2.61. The van der Waals surface area contributed by atoms with Gasteiger partial charge in [0.15, 0.2) is 0 Å². The lowest BCUT2D eigenvalue weighted by Gasteiger charge is -2.20. The summed E-state index contributed by atoms with van der Waals surface area (Å²) >= 11 is 3.46. The molecule has 0 saturated heterocycles. The molecule has 0 aliphatic rings. The lowest BCUT2D eigenvalue weighted by atomic mass is 10.2. The summed E-state index contributed by atoms with van der Waals surface area (Å²) in [5, 5.41) is 2.92. The molecule has 19 heavy (non-hydrogen) atoms. The number of carbonyl (C=O) groups excluding carboxylic acids is 1. The van der Waals surface area contributed by atoms with Crippen LogP contribution in [0, 0.1) is 6.92 Å². The number of nitrogens with zero attached hydrogens (tertiary/aromatic N) is 1. The van der Waals surface area contributed by atoms with E-state index in [2.05, 4.69) is 32.7 Å². The Kier molecular flexibility index (Phi) is 6.25. The second kappa shape index (κ2) is 7.46. The topological polar surface area (TPSA) is 32.3 Å². The number of nitrogens with one attached hydrogen (secondary N) is 1. The minimum absolute atomic E-state index is 0.00680. The Labute approximate surface area is 123 Å². The van der Waals surface area contributed by atoms with Crippen molar-refractivity contribution < 1.29 is 4.79 Å². The average Bonchev–Trinajstić information content (AvgIpc) is 2.31. The van der Waals surface area contributed by atoms with Gasteiger partial charge in [-0.05, 0) is 54.0 Å². The van der Waals surface area contributed by atoms with E-state index in [0.29, 0.717) is 6.54 Å². The van der Waals surface area contributed by atoms with Crippen LogP contribution in [0.15, 0.2) is 34.8 Å². The molecule has 0 atom stereocenters. The number of hydrogen-bond acceptors (Lipinski definition) is 2. The van der Waals surface area contributed by atoms with Crippen LogP contribution in [0.25, 0.3) is 0 Å². The summed E-state index contributed by atoms with van der Waals surface area (Å²) in [7, 11) is 0. The smallest absolute Gasteiger partial charge is 0.238 e. The summed E-state index contributed by atoms with van der Waals surface area (Å²) in [6.45, 7) is 11.9. The Bertz CT molecular complexity index is 471. The highest BCUT2D eigenvalue weighted by atomic mass is 79.9. The first-order valence-corrected chi connectivity index (χ1v) is 7.14. The van der Waals surface area contributed by atoms with Crippen molar-refractivity contribution >= 4 is 27.5 Å². The zero-order chi connectivity index (χ0) is 14.4. The maximum absolute atomic E-state index is 12.0. The number of amides is 1. The van der Waals surface area contributed by atoms with E-state index in [9.17, 15) is 4.79 Å². The van der Waals surface area contributed by atoms with Gasteiger partial charge in [-0.15, -0.1) is 0 Å². The van der Waals surface area contributed by atoms with Crippen LogP contribution in [0.5, 0.6) is 0 Å². The first-order chi connectivity index (χ1) is 8.92. The quantitative estimate of drug-likeness (QED) is 0.811. The molecule has 4 heteroatoms. The van der Waals surface area contributed by atoms with Crippen LogP contribution in [0.4, 0.5) is 5.69 Å². The van der Waals surface area contributed by atoms with Crippen molar-refractivity contribution in [3.8, 4) is 0 Å². The van der Waals surface area contributed by atoms with Gasteiger partial charge in [0.05, 0.1) is 12.2 Å². The molecular weight excluding hydrogens is 304 g/mol. The maximum Gasteiger partial charge on any atom is 0.238 e. The van der Waals surface area contributed by atoms with Crippen molar-refractivity contribution in [1.82, 2.24) is 4.90 Å². The van der Waals surface area contributed by atoms with Gasteiger partial charge in [0.1, 0.15) is 0 Å². The Morgan fingerprint density at radius 1 is 1.42 bits per heavy atom. The van der Waals surface area contributed by atoms with Gasteiger partial charge in [-0.25, -0.2) is 0 Å². The standard InChI is InChI=1S/C15H21BrN2O/c1-5-18(9-11(2)3)10-15(19)17-14-7-6-12(4)8-13(14)16/h6-8H,2,5,9-10H2,1,3-4H3,(H,17,19).